The monoisotopic (exact) mass is 237 g/mol. The Hall–Kier alpha value is -1.29. The molecule has 4 heteroatoms. The lowest BCUT2D eigenvalue weighted by Crippen LogP contribution is -2.43. The first-order chi connectivity index (χ1) is 7.79. The molecule has 1 aromatic heterocycles. The molecule has 0 radical (unpaired) electrons. The third kappa shape index (κ3) is 4.61. The molecular formula is C13H23N3O. The largest absolute Gasteiger partial charge is 0.350 e. The second-order valence-electron chi connectivity index (χ2n) is 5.41. The highest BCUT2D eigenvalue weighted by atomic mass is 16.1. The maximum Gasteiger partial charge on any atom is 0.234 e. The first-order valence-corrected chi connectivity index (χ1v) is 5.92. The highest BCUT2D eigenvalue weighted by Gasteiger charge is 2.11. The number of amides is 1. The minimum atomic E-state index is -0.0289. The molecule has 2 N–H and O–H groups in total. The van der Waals surface area contributed by atoms with Crippen molar-refractivity contribution in [2.75, 3.05) is 6.54 Å². The van der Waals surface area contributed by atoms with E-state index in [1.807, 2.05) is 40.8 Å². The van der Waals surface area contributed by atoms with Crippen LogP contribution < -0.4 is 10.6 Å². The smallest absolute Gasteiger partial charge is 0.234 e. The number of nitrogens with one attached hydrogen (secondary N) is 2. The van der Waals surface area contributed by atoms with Crippen LogP contribution in [0.15, 0.2) is 12.1 Å². The molecule has 0 aliphatic heterocycles. The molecule has 0 bridgehead atoms. The van der Waals surface area contributed by atoms with E-state index in [4.69, 9.17) is 0 Å². The van der Waals surface area contributed by atoms with E-state index in [0.717, 1.165) is 5.69 Å². The van der Waals surface area contributed by atoms with E-state index < -0.39 is 0 Å². The second-order valence-corrected chi connectivity index (χ2v) is 5.41. The van der Waals surface area contributed by atoms with Crippen LogP contribution in [-0.4, -0.2) is 22.6 Å². The lowest BCUT2D eigenvalue weighted by Gasteiger charge is -2.20. The summed E-state index contributed by atoms with van der Waals surface area (Å²) < 4.78 is 2.08. The van der Waals surface area contributed by atoms with E-state index in [2.05, 4.69) is 21.3 Å². The van der Waals surface area contributed by atoms with Crippen LogP contribution in [0.25, 0.3) is 0 Å². The average Bonchev–Trinajstić information content (AvgIpc) is 2.53. The molecule has 1 rings (SSSR count). The zero-order chi connectivity index (χ0) is 13.1. The molecule has 0 saturated heterocycles. The summed E-state index contributed by atoms with van der Waals surface area (Å²) in [4.78, 5) is 11.6. The van der Waals surface area contributed by atoms with Gasteiger partial charge in [-0.1, -0.05) is 0 Å². The highest BCUT2D eigenvalue weighted by molar-refractivity contribution is 5.78. The molecule has 1 heterocycles. The Morgan fingerprint density at radius 3 is 2.47 bits per heavy atom. The molecule has 1 aromatic rings. The van der Waals surface area contributed by atoms with Gasteiger partial charge in [-0.3, -0.25) is 4.79 Å². The van der Waals surface area contributed by atoms with Crippen molar-refractivity contribution in [3.8, 4) is 0 Å². The number of aryl methyl sites for hydroxylation is 1. The summed E-state index contributed by atoms with van der Waals surface area (Å²) in [5.74, 6) is 0.0266. The lowest BCUT2D eigenvalue weighted by atomic mass is 10.1. The van der Waals surface area contributed by atoms with E-state index in [1.165, 1.54) is 5.69 Å². The predicted octanol–water partition coefficient (Wildman–Crippen LogP) is 1.34. The van der Waals surface area contributed by atoms with Crippen LogP contribution in [0, 0.1) is 6.92 Å². The maximum atomic E-state index is 11.6. The van der Waals surface area contributed by atoms with Crippen molar-refractivity contribution in [3.05, 3.63) is 23.5 Å². The van der Waals surface area contributed by atoms with Crippen LogP contribution in [-0.2, 0) is 18.4 Å². The molecule has 0 unspecified atom stereocenters. The molecule has 0 saturated carbocycles. The van der Waals surface area contributed by atoms with Crippen LogP contribution in [0.3, 0.4) is 0 Å². The van der Waals surface area contributed by atoms with Gasteiger partial charge in [0.1, 0.15) is 0 Å². The van der Waals surface area contributed by atoms with Gasteiger partial charge in [-0.15, -0.1) is 0 Å². The van der Waals surface area contributed by atoms with Crippen LogP contribution in [0.4, 0.5) is 0 Å². The lowest BCUT2D eigenvalue weighted by molar-refractivity contribution is -0.120. The minimum absolute atomic E-state index is 0.0266. The summed E-state index contributed by atoms with van der Waals surface area (Å²) >= 11 is 0. The van der Waals surface area contributed by atoms with Gasteiger partial charge in [0.25, 0.3) is 0 Å². The number of hydrogen-bond acceptors (Lipinski definition) is 2. The van der Waals surface area contributed by atoms with Gasteiger partial charge >= 0.3 is 0 Å². The average molecular weight is 237 g/mol. The van der Waals surface area contributed by atoms with E-state index in [0.29, 0.717) is 13.1 Å². The van der Waals surface area contributed by atoms with Gasteiger partial charge in [0, 0.05) is 24.0 Å². The maximum absolute atomic E-state index is 11.6. The topological polar surface area (TPSA) is 46.1 Å². The summed E-state index contributed by atoms with van der Waals surface area (Å²) in [6.07, 6.45) is 0. The van der Waals surface area contributed by atoms with Crippen molar-refractivity contribution in [3.63, 3.8) is 0 Å². The Bertz CT molecular complexity index is 388. The van der Waals surface area contributed by atoms with Gasteiger partial charge in [-0.25, -0.2) is 0 Å². The van der Waals surface area contributed by atoms with E-state index >= 15 is 0 Å². The minimum Gasteiger partial charge on any atom is -0.350 e. The highest BCUT2D eigenvalue weighted by Crippen LogP contribution is 2.05. The number of carbonyl (C=O) groups excluding carboxylic acids is 1. The van der Waals surface area contributed by atoms with Crippen LogP contribution >= 0.6 is 0 Å². The molecule has 0 atom stereocenters. The molecule has 17 heavy (non-hydrogen) atoms. The summed E-state index contributed by atoms with van der Waals surface area (Å²) in [6, 6.07) is 4.09. The fourth-order valence-electron chi connectivity index (χ4n) is 1.44. The second kappa shape index (κ2) is 5.36. The van der Waals surface area contributed by atoms with Crippen LogP contribution in [0.2, 0.25) is 0 Å². The zero-order valence-corrected chi connectivity index (χ0v) is 11.4. The molecule has 1 amide bonds. The van der Waals surface area contributed by atoms with Crippen molar-refractivity contribution in [1.82, 2.24) is 15.2 Å². The summed E-state index contributed by atoms with van der Waals surface area (Å²) in [6.45, 7) is 9.11. The van der Waals surface area contributed by atoms with Gasteiger partial charge in [0.05, 0.1) is 13.1 Å². The van der Waals surface area contributed by atoms with Crippen LogP contribution in [0.1, 0.15) is 32.2 Å². The van der Waals surface area contributed by atoms with Crippen LogP contribution in [0.5, 0.6) is 0 Å². The molecule has 0 fully saturated rings. The molecular weight excluding hydrogens is 214 g/mol. The Kier molecular flexibility index (Phi) is 4.34. The Balaban J connectivity index is 2.36. The van der Waals surface area contributed by atoms with Gasteiger partial charge in [0.15, 0.2) is 0 Å². The quantitative estimate of drug-likeness (QED) is 0.830. The summed E-state index contributed by atoms with van der Waals surface area (Å²) in [5, 5.41) is 6.06. The van der Waals surface area contributed by atoms with Gasteiger partial charge in [-0.05, 0) is 39.8 Å². The first kappa shape index (κ1) is 13.8. The Morgan fingerprint density at radius 2 is 2.00 bits per heavy atom. The van der Waals surface area contributed by atoms with E-state index in [9.17, 15) is 4.79 Å². The van der Waals surface area contributed by atoms with Gasteiger partial charge < -0.3 is 15.2 Å². The van der Waals surface area contributed by atoms with Crippen molar-refractivity contribution in [1.29, 1.82) is 0 Å². The number of hydrogen-bond donors (Lipinski definition) is 2. The van der Waals surface area contributed by atoms with Crippen molar-refractivity contribution >= 4 is 5.91 Å². The van der Waals surface area contributed by atoms with Crippen molar-refractivity contribution in [2.45, 2.75) is 39.8 Å². The van der Waals surface area contributed by atoms with E-state index in [1.54, 1.807) is 0 Å². The fraction of sp³-hybridized carbons (Fsp3) is 0.615. The summed E-state index contributed by atoms with van der Waals surface area (Å²) in [5.41, 5.74) is 2.28. The normalized spacial score (nSPS) is 11.6. The molecule has 0 spiro atoms. The van der Waals surface area contributed by atoms with Crippen molar-refractivity contribution < 1.29 is 4.79 Å². The third-order valence-electron chi connectivity index (χ3n) is 2.72. The third-order valence-corrected chi connectivity index (χ3v) is 2.72. The van der Waals surface area contributed by atoms with Gasteiger partial charge in [0.2, 0.25) is 5.91 Å². The van der Waals surface area contributed by atoms with E-state index in [-0.39, 0.29) is 11.4 Å². The molecule has 96 valence electrons. The molecule has 0 aliphatic rings. The summed E-state index contributed by atoms with van der Waals surface area (Å²) in [7, 11) is 2.00. The number of nitrogens with zero attached hydrogens (tertiary/aromatic N) is 1. The molecule has 0 aromatic carbocycles. The number of rotatable bonds is 4. The van der Waals surface area contributed by atoms with Gasteiger partial charge in [-0.2, -0.15) is 0 Å². The SMILES string of the molecule is Cc1ccc(CNC(=O)CNC(C)(C)C)n1C. The predicted molar refractivity (Wildman–Crippen MR) is 69.8 cm³/mol. The van der Waals surface area contributed by atoms with Crippen molar-refractivity contribution in [2.24, 2.45) is 7.05 Å². The first-order valence-electron chi connectivity index (χ1n) is 5.92. The molecule has 4 nitrogen and oxygen atoms in total. The standard InChI is InChI=1S/C13H23N3O/c1-10-6-7-11(16(10)5)8-14-12(17)9-15-13(2,3)4/h6-7,15H,8-9H2,1-5H3,(H,14,17). The zero-order valence-electron chi connectivity index (χ0n) is 11.4. The number of aromatic nitrogens is 1. The Morgan fingerprint density at radius 1 is 1.35 bits per heavy atom. The Labute approximate surface area is 103 Å². The number of carbonyl (C=O) groups is 1. The molecule has 0 aliphatic carbocycles. The fourth-order valence-corrected chi connectivity index (χ4v) is 1.44.